The molecule has 0 fully saturated rings. The van der Waals surface area contributed by atoms with E-state index in [-0.39, 0.29) is 30.5 Å². The minimum Gasteiger partial charge on any atom is -0.884 e. The first-order chi connectivity index (χ1) is 21.1. The van der Waals surface area contributed by atoms with Gasteiger partial charge in [0.25, 0.3) is 0 Å². The zero-order valence-electron chi connectivity index (χ0n) is 22.8. The number of fused-ring (bicyclic) bond motifs is 16. The molecule has 44 heavy (non-hydrogen) atoms. The average molecular weight is 622 g/mol. The van der Waals surface area contributed by atoms with Crippen LogP contribution < -0.4 is 31.6 Å². The molecule has 0 saturated heterocycles. The third-order valence-electron chi connectivity index (χ3n) is 7.72. The molecule has 5 heterocycles. The van der Waals surface area contributed by atoms with Gasteiger partial charge in [-0.05, 0) is 17.4 Å². The number of nitrogens with one attached hydrogen (secondary N) is 1. The number of nitrogens with zero attached hydrogens (tertiary/aromatic N) is 7. The third-order valence-corrected chi connectivity index (χ3v) is 7.72. The SMILES string of the molecule is [O-]C([O-])=c1ccc2c(c1)C1=NC=2N=C2N=C(N=c3[nH]c(c4ccccc34)=NC3=NC(=N1)c1ccccc13)c1ccccc12.[Zn+2]. The molecule has 9 rings (SSSR count). The number of amidine groups is 5. The molecule has 1 aromatic heterocycles. The van der Waals surface area contributed by atoms with Gasteiger partial charge in [-0.1, -0.05) is 78.9 Å². The Bertz CT molecular complexity index is 2540. The van der Waals surface area contributed by atoms with Gasteiger partial charge in [0, 0.05) is 43.8 Å². The molecule has 8 bridgehead atoms. The van der Waals surface area contributed by atoms with Crippen LogP contribution in [0.3, 0.4) is 0 Å². The van der Waals surface area contributed by atoms with Gasteiger partial charge in [-0.15, -0.1) is 0 Å². The topological polar surface area (TPSA) is 148 Å². The minimum absolute atomic E-state index is 0. The van der Waals surface area contributed by atoms with Crippen molar-refractivity contribution in [2.24, 2.45) is 34.9 Å². The van der Waals surface area contributed by atoms with Crippen LogP contribution in [-0.2, 0) is 19.5 Å². The Morgan fingerprint density at radius 3 is 1.41 bits per heavy atom. The number of hydrogen-bond acceptors (Lipinski definition) is 9. The number of rotatable bonds is 0. The van der Waals surface area contributed by atoms with E-state index in [1.165, 1.54) is 12.1 Å². The molecule has 202 valence electrons. The minimum atomic E-state index is -1.30. The van der Waals surface area contributed by atoms with Crippen LogP contribution >= 0.6 is 0 Å². The molecule has 0 radical (unpaired) electrons. The second-order valence-corrected chi connectivity index (χ2v) is 10.2. The van der Waals surface area contributed by atoms with Gasteiger partial charge in [0.1, 0.15) is 11.0 Å². The predicted octanol–water partition coefficient (Wildman–Crippen LogP) is 0.145. The number of H-pyrrole nitrogens is 1. The summed E-state index contributed by atoms with van der Waals surface area (Å²) in [6, 6.07) is 28.0. The van der Waals surface area contributed by atoms with Crippen molar-refractivity contribution in [2.45, 2.75) is 0 Å². The van der Waals surface area contributed by atoms with E-state index >= 15 is 0 Å². The van der Waals surface area contributed by atoms with E-state index in [9.17, 15) is 10.2 Å². The van der Waals surface area contributed by atoms with E-state index in [1.807, 2.05) is 72.8 Å². The summed E-state index contributed by atoms with van der Waals surface area (Å²) in [6.07, 6.45) is 0. The summed E-state index contributed by atoms with van der Waals surface area (Å²) < 4.78 is 0. The van der Waals surface area contributed by atoms with Crippen molar-refractivity contribution in [1.29, 1.82) is 0 Å². The number of aromatic amines is 1. The number of aromatic nitrogens is 1. The first kappa shape index (κ1) is 26.0. The zero-order chi connectivity index (χ0) is 28.7. The fourth-order valence-electron chi connectivity index (χ4n) is 5.70. The van der Waals surface area contributed by atoms with E-state index in [0.717, 1.165) is 33.0 Å². The standard InChI is InChI=1S/C33H18N8O2.Zn/c42-33(43)16-13-14-23-24(15-16)32-40-30-22-12-6-5-11-21(22)28(38-30)36-26-18-8-2-1-7-17(18)25(34-26)35-27-19-9-3-4-10-20(19)29(37-27)39-31(23)41-32;/h1-15,42-43H,(H,34,35,36,37,38,39,40,41);/q;+2/p-2. The molecule has 4 aromatic carbocycles. The first-order valence-electron chi connectivity index (χ1n) is 13.5. The van der Waals surface area contributed by atoms with Crippen molar-refractivity contribution in [3.05, 3.63) is 140 Å². The Morgan fingerprint density at radius 2 is 0.909 bits per heavy atom. The van der Waals surface area contributed by atoms with E-state index < -0.39 is 5.95 Å². The summed E-state index contributed by atoms with van der Waals surface area (Å²) in [4.78, 5) is 37.4. The largest absolute Gasteiger partial charge is 2.00 e. The summed E-state index contributed by atoms with van der Waals surface area (Å²) >= 11 is 0. The predicted molar refractivity (Wildman–Crippen MR) is 159 cm³/mol. The molecule has 0 spiro atoms. The van der Waals surface area contributed by atoms with E-state index in [4.69, 9.17) is 34.9 Å². The summed E-state index contributed by atoms with van der Waals surface area (Å²) in [5.74, 6) is 1.18. The Morgan fingerprint density at radius 1 is 0.477 bits per heavy atom. The molecule has 10 nitrogen and oxygen atoms in total. The summed E-state index contributed by atoms with van der Waals surface area (Å²) in [6.45, 7) is 0. The molecule has 0 unspecified atom stereocenters. The van der Waals surface area contributed by atoms with Crippen molar-refractivity contribution < 1.29 is 29.7 Å². The van der Waals surface area contributed by atoms with Crippen LogP contribution in [0.4, 0.5) is 0 Å². The van der Waals surface area contributed by atoms with Crippen molar-refractivity contribution in [3.63, 3.8) is 0 Å². The Kier molecular flexibility index (Phi) is 5.72. The fourth-order valence-corrected chi connectivity index (χ4v) is 5.70. The van der Waals surface area contributed by atoms with Crippen LogP contribution in [0.1, 0.15) is 27.8 Å². The molecule has 0 atom stereocenters. The number of hydrogen-bond donors (Lipinski definition) is 1. The van der Waals surface area contributed by atoms with Crippen LogP contribution in [-0.4, -0.2) is 34.2 Å². The van der Waals surface area contributed by atoms with Gasteiger partial charge in [0.05, 0.1) is 0 Å². The maximum absolute atomic E-state index is 11.8. The van der Waals surface area contributed by atoms with Gasteiger partial charge in [-0.2, -0.15) is 5.95 Å². The van der Waals surface area contributed by atoms with Crippen molar-refractivity contribution in [2.75, 3.05) is 0 Å². The molecule has 0 aliphatic carbocycles. The Labute approximate surface area is 260 Å². The molecule has 1 N–H and O–H groups in total. The maximum Gasteiger partial charge on any atom is 2.00 e. The molecule has 4 aliphatic heterocycles. The molecular formula is C33H16N8O2Zn. The fraction of sp³-hybridized carbons (Fsp3) is 0. The number of benzene rings is 4. The summed E-state index contributed by atoms with van der Waals surface area (Å²) in [5.41, 5.74) is 4.96. The third kappa shape index (κ3) is 3.87. The molecular weight excluding hydrogens is 606 g/mol. The Balaban J connectivity index is 0.00000289. The Hall–Kier alpha value is -5.67. The van der Waals surface area contributed by atoms with Gasteiger partial charge >= 0.3 is 19.5 Å². The summed E-state index contributed by atoms with van der Waals surface area (Å²) in [5, 5.41) is 25.9. The molecule has 11 heteroatoms. The smallest absolute Gasteiger partial charge is 0.884 e. The van der Waals surface area contributed by atoms with Crippen LogP contribution in [0.5, 0.6) is 0 Å². The average Bonchev–Trinajstić information content (AvgIpc) is 3.76. The summed E-state index contributed by atoms with van der Waals surface area (Å²) in [7, 11) is 0. The second-order valence-electron chi connectivity index (χ2n) is 10.2. The van der Waals surface area contributed by atoms with Crippen LogP contribution in [0.25, 0.3) is 22.5 Å². The quantitative estimate of drug-likeness (QED) is 0.245. The maximum atomic E-state index is 11.8. The number of aliphatic imine (C=N–C) groups is 5. The molecule has 0 saturated carbocycles. The van der Waals surface area contributed by atoms with Gasteiger partial charge in [-0.3, -0.25) is 0 Å². The van der Waals surface area contributed by atoms with Gasteiger partial charge in [0.2, 0.25) is 0 Å². The van der Waals surface area contributed by atoms with E-state index in [0.29, 0.717) is 50.9 Å². The first-order valence-corrected chi connectivity index (χ1v) is 13.5. The van der Waals surface area contributed by atoms with E-state index in [1.54, 1.807) is 6.07 Å². The second kappa shape index (κ2) is 9.69. The van der Waals surface area contributed by atoms with Gasteiger partial charge < -0.3 is 15.2 Å². The van der Waals surface area contributed by atoms with Crippen molar-refractivity contribution >= 4 is 51.7 Å². The van der Waals surface area contributed by atoms with Crippen molar-refractivity contribution in [1.82, 2.24) is 4.98 Å². The van der Waals surface area contributed by atoms with Crippen LogP contribution in [0.2, 0.25) is 0 Å². The monoisotopic (exact) mass is 620 g/mol. The van der Waals surface area contributed by atoms with Gasteiger partial charge in [0.15, 0.2) is 35.0 Å². The molecule has 0 amide bonds. The zero-order valence-corrected chi connectivity index (χ0v) is 25.8. The van der Waals surface area contributed by atoms with Crippen LogP contribution in [0, 0.1) is 0 Å². The van der Waals surface area contributed by atoms with Gasteiger partial charge in [-0.25, -0.2) is 34.9 Å². The van der Waals surface area contributed by atoms with E-state index in [2.05, 4.69) is 4.98 Å². The van der Waals surface area contributed by atoms with Crippen molar-refractivity contribution in [3.8, 4) is 0 Å². The normalized spacial score (nSPS) is 15.4. The molecule has 4 aliphatic rings. The molecule has 5 aromatic rings. The van der Waals surface area contributed by atoms with Crippen LogP contribution in [0.15, 0.2) is 126 Å².